The highest BCUT2D eigenvalue weighted by atomic mass is 35.5. The third-order valence-corrected chi connectivity index (χ3v) is 6.20. The molecule has 0 unspecified atom stereocenters. The summed E-state index contributed by atoms with van der Waals surface area (Å²) in [5.41, 5.74) is 4.50. The molecule has 5 rings (SSSR count). The van der Waals surface area contributed by atoms with Crippen molar-refractivity contribution in [3.05, 3.63) is 119 Å². The first-order chi connectivity index (χ1) is 16.6. The zero-order valence-corrected chi connectivity index (χ0v) is 19.2. The van der Waals surface area contributed by atoms with Gasteiger partial charge in [-0.3, -0.25) is 0 Å². The van der Waals surface area contributed by atoms with E-state index in [2.05, 4.69) is 16.0 Å². The Hall–Kier alpha value is -4.03. The number of esters is 1. The summed E-state index contributed by atoms with van der Waals surface area (Å²) in [7, 11) is 1.30. The molecule has 0 bridgehead atoms. The number of amides is 2. The fourth-order valence-electron chi connectivity index (χ4n) is 4.42. The van der Waals surface area contributed by atoms with Crippen LogP contribution in [0.25, 0.3) is 5.69 Å². The van der Waals surface area contributed by atoms with Crippen molar-refractivity contribution in [1.82, 2.24) is 9.47 Å². The fraction of sp³-hybridized carbons (Fsp3) is 0.111. The molecular formula is C27H22ClN3O3. The maximum absolute atomic E-state index is 13.8. The van der Waals surface area contributed by atoms with Crippen LogP contribution in [0.5, 0.6) is 0 Å². The third kappa shape index (κ3) is 3.93. The lowest BCUT2D eigenvalue weighted by Crippen LogP contribution is -2.38. The van der Waals surface area contributed by atoms with Gasteiger partial charge in [0.25, 0.3) is 0 Å². The van der Waals surface area contributed by atoms with Gasteiger partial charge in [0.05, 0.1) is 36.6 Å². The van der Waals surface area contributed by atoms with Crippen LogP contribution < -0.4 is 5.32 Å². The van der Waals surface area contributed by atoms with Crippen LogP contribution in [0.15, 0.2) is 91.1 Å². The number of carbonyl (C=O) groups excluding carboxylic acids is 2. The quantitative estimate of drug-likeness (QED) is 0.370. The van der Waals surface area contributed by atoms with Gasteiger partial charge in [0.2, 0.25) is 0 Å². The second-order valence-corrected chi connectivity index (χ2v) is 8.42. The van der Waals surface area contributed by atoms with Crippen molar-refractivity contribution in [2.24, 2.45) is 0 Å². The van der Waals surface area contributed by atoms with E-state index in [-0.39, 0.29) is 17.6 Å². The van der Waals surface area contributed by atoms with Crippen LogP contribution in [0, 0.1) is 0 Å². The van der Waals surface area contributed by atoms with Gasteiger partial charge < -0.3 is 19.5 Å². The van der Waals surface area contributed by atoms with Crippen LogP contribution in [0.3, 0.4) is 0 Å². The van der Waals surface area contributed by atoms with Crippen molar-refractivity contribution >= 4 is 29.3 Å². The number of rotatable bonds is 3. The van der Waals surface area contributed by atoms with Crippen molar-refractivity contribution in [3.8, 4) is 5.69 Å². The molecule has 1 aromatic heterocycles. The van der Waals surface area contributed by atoms with E-state index in [0.717, 1.165) is 22.5 Å². The summed E-state index contributed by atoms with van der Waals surface area (Å²) >= 11 is 6.18. The molecule has 0 aliphatic carbocycles. The Morgan fingerprint density at radius 1 is 0.971 bits per heavy atom. The molecular weight excluding hydrogens is 450 g/mol. The first-order valence-electron chi connectivity index (χ1n) is 10.8. The normalized spacial score (nSPS) is 14.5. The molecule has 0 saturated heterocycles. The lowest BCUT2D eigenvalue weighted by molar-refractivity contribution is 0.0602. The van der Waals surface area contributed by atoms with E-state index < -0.39 is 5.97 Å². The zero-order valence-electron chi connectivity index (χ0n) is 18.4. The predicted octanol–water partition coefficient (Wildman–Crippen LogP) is 6.05. The minimum atomic E-state index is -0.554. The molecule has 2 heterocycles. The first-order valence-corrected chi connectivity index (χ1v) is 11.2. The van der Waals surface area contributed by atoms with E-state index in [1.165, 1.54) is 7.11 Å². The number of hydrogen-bond acceptors (Lipinski definition) is 3. The minimum Gasteiger partial charge on any atom is -0.465 e. The highest BCUT2D eigenvalue weighted by Crippen LogP contribution is 2.37. The van der Waals surface area contributed by atoms with Crippen LogP contribution >= 0.6 is 11.6 Å². The predicted molar refractivity (Wildman–Crippen MR) is 131 cm³/mol. The number of fused-ring (bicyclic) bond motifs is 3. The van der Waals surface area contributed by atoms with Crippen LogP contribution in [-0.2, 0) is 11.3 Å². The molecule has 0 fully saturated rings. The second-order valence-electron chi connectivity index (χ2n) is 7.98. The van der Waals surface area contributed by atoms with Crippen molar-refractivity contribution in [2.75, 3.05) is 12.4 Å². The van der Waals surface area contributed by atoms with Crippen LogP contribution in [0.1, 0.15) is 33.2 Å². The van der Waals surface area contributed by atoms with E-state index in [1.807, 2.05) is 66.9 Å². The van der Waals surface area contributed by atoms with Gasteiger partial charge in [-0.25, -0.2) is 9.59 Å². The lowest BCUT2D eigenvalue weighted by Gasteiger charge is -2.31. The second kappa shape index (κ2) is 9.08. The summed E-state index contributed by atoms with van der Waals surface area (Å²) in [5, 5.41) is 3.31. The van der Waals surface area contributed by atoms with E-state index >= 15 is 0 Å². The van der Waals surface area contributed by atoms with Crippen LogP contribution in [0.2, 0.25) is 5.02 Å². The zero-order chi connectivity index (χ0) is 23.7. The van der Waals surface area contributed by atoms with Crippen LogP contribution in [0.4, 0.5) is 10.5 Å². The number of nitrogens with one attached hydrogen (secondary N) is 1. The molecule has 6 nitrogen and oxygen atoms in total. The molecule has 1 aliphatic rings. The maximum Gasteiger partial charge on any atom is 0.339 e. The Balaban J connectivity index is 1.62. The van der Waals surface area contributed by atoms with Crippen molar-refractivity contribution in [1.29, 1.82) is 0 Å². The van der Waals surface area contributed by atoms with Gasteiger partial charge in [-0.15, -0.1) is 0 Å². The average molecular weight is 472 g/mol. The molecule has 0 spiro atoms. The third-order valence-electron chi connectivity index (χ3n) is 5.97. The average Bonchev–Trinajstić information content (AvgIpc) is 3.28. The first kappa shape index (κ1) is 21.8. The summed E-state index contributed by atoms with van der Waals surface area (Å²) in [6, 6.07) is 25.9. The topological polar surface area (TPSA) is 63.6 Å². The monoisotopic (exact) mass is 471 g/mol. The molecule has 7 heteroatoms. The number of anilines is 1. The van der Waals surface area contributed by atoms with Crippen LogP contribution in [-0.4, -0.2) is 28.6 Å². The SMILES string of the molecule is COC(=O)c1ccc(Cl)cc1NC(=O)N1Cc2ccccc2-n2cccc2[C@H]1c1ccccc1. The molecule has 0 radical (unpaired) electrons. The number of hydrogen-bond donors (Lipinski definition) is 1. The fourth-order valence-corrected chi connectivity index (χ4v) is 4.59. The number of para-hydroxylation sites is 1. The lowest BCUT2D eigenvalue weighted by atomic mass is 10.0. The number of aromatic nitrogens is 1. The minimum absolute atomic E-state index is 0.232. The Kier molecular flexibility index (Phi) is 5.82. The Labute approximate surface area is 202 Å². The summed E-state index contributed by atoms with van der Waals surface area (Å²) in [6.45, 7) is 0.372. The van der Waals surface area contributed by atoms with E-state index in [9.17, 15) is 9.59 Å². The Morgan fingerprint density at radius 2 is 1.74 bits per heavy atom. The number of carbonyl (C=O) groups is 2. The maximum atomic E-state index is 13.8. The van der Waals surface area contributed by atoms with E-state index in [1.54, 1.807) is 23.1 Å². The van der Waals surface area contributed by atoms with Crippen molar-refractivity contribution < 1.29 is 14.3 Å². The highest BCUT2D eigenvalue weighted by molar-refractivity contribution is 6.31. The van der Waals surface area contributed by atoms with Crippen molar-refractivity contribution in [3.63, 3.8) is 0 Å². The Bertz CT molecular complexity index is 1370. The number of ether oxygens (including phenoxy) is 1. The highest BCUT2D eigenvalue weighted by Gasteiger charge is 2.33. The van der Waals surface area contributed by atoms with E-state index in [4.69, 9.17) is 16.3 Å². The molecule has 0 saturated carbocycles. The molecule has 2 amide bonds. The van der Waals surface area contributed by atoms with Crippen molar-refractivity contribution in [2.45, 2.75) is 12.6 Å². The standard InChI is InChI=1S/C27H22ClN3O3/c1-34-26(32)21-14-13-20(28)16-22(21)29-27(33)31-17-19-10-5-6-11-23(19)30-15-7-12-24(30)25(31)18-8-3-2-4-9-18/h2-16,25H,17H2,1H3,(H,29,33)/t25-/m1/s1. The Morgan fingerprint density at radius 3 is 2.53 bits per heavy atom. The largest absolute Gasteiger partial charge is 0.465 e. The summed E-state index contributed by atoms with van der Waals surface area (Å²) in [6.07, 6.45) is 2.01. The van der Waals surface area contributed by atoms with Gasteiger partial charge in [0.1, 0.15) is 0 Å². The summed E-state index contributed by atoms with van der Waals surface area (Å²) in [5.74, 6) is -0.554. The molecule has 1 atom stereocenters. The number of halogens is 1. The van der Waals surface area contributed by atoms with Gasteiger partial charge in [0, 0.05) is 16.9 Å². The molecule has 3 aromatic carbocycles. The molecule has 170 valence electrons. The smallest absolute Gasteiger partial charge is 0.339 e. The van der Waals surface area contributed by atoms with Gasteiger partial charge in [-0.2, -0.15) is 0 Å². The number of benzene rings is 3. The molecule has 4 aromatic rings. The summed E-state index contributed by atoms with van der Waals surface area (Å²) in [4.78, 5) is 27.9. The van der Waals surface area contributed by atoms with E-state index in [0.29, 0.717) is 17.3 Å². The molecule has 1 aliphatic heterocycles. The molecule has 1 N–H and O–H groups in total. The summed E-state index contributed by atoms with van der Waals surface area (Å²) < 4.78 is 7.01. The number of nitrogens with zero attached hydrogens (tertiary/aromatic N) is 2. The molecule has 34 heavy (non-hydrogen) atoms. The van der Waals surface area contributed by atoms with Gasteiger partial charge in [-0.05, 0) is 47.5 Å². The number of urea groups is 1. The number of methoxy groups -OCH3 is 1. The van der Waals surface area contributed by atoms with Gasteiger partial charge >= 0.3 is 12.0 Å². The van der Waals surface area contributed by atoms with Gasteiger partial charge in [0.15, 0.2) is 0 Å². The van der Waals surface area contributed by atoms with Gasteiger partial charge in [-0.1, -0.05) is 60.1 Å².